The van der Waals surface area contributed by atoms with Gasteiger partial charge in [-0.15, -0.1) is 0 Å². The van der Waals surface area contributed by atoms with Gasteiger partial charge >= 0.3 is 0 Å². The van der Waals surface area contributed by atoms with Crippen molar-refractivity contribution >= 4 is 22.3 Å². The summed E-state index contributed by atoms with van der Waals surface area (Å²) in [4.78, 5) is 0. The Kier molecular flexibility index (Phi) is 8.03. The van der Waals surface area contributed by atoms with E-state index in [0.717, 1.165) is 61.2 Å². The molecule has 0 aliphatic heterocycles. The van der Waals surface area contributed by atoms with Crippen LogP contribution in [0.5, 0.6) is 0 Å². The van der Waals surface area contributed by atoms with Crippen molar-refractivity contribution in [2.75, 3.05) is 0 Å². The van der Waals surface area contributed by atoms with E-state index in [9.17, 15) is 5.11 Å². The van der Waals surface area contributed by atoms with Gasteiger partial charge in [-0.2, -0.15) is 0 Å². The first-order valence-corrected chi connectivity index (χ1v) is 16.4. The lowest BCUT2D eigenvalue weighted by Gasteiger charge is -2.33. The smallest absolute Gasteiger partial charge is 0.142 e. The molecule has 0 heterocycles. The highest BCUT2D eigenvalue weighted by Crippen LogP contribution is 2.61. The Bertz CT molecular complexity index is 1870. The van der Waals surface area contributed by atoms with E-state index in [0.29, 0.717) is 0 Å². The van der Waals surface area contributed by atoms with Crippen LogP contribution in [0.4, 0.5) is 0 Å². The Morgan fingerprint density at radius 3 is 0.783 bits per heavy atom. The van der Waals surface area contributed by atoms with Crippen LogP contribution >= 0.6 is 0 Å². The second kappa shape index (κ2) is 11.7. The minimum Gasteiger partial charge on any atom is -0.376 e. The zero-order valence-electron chi connectivity index (χ0n) is 29.1. The van der Waals surface area contributed by atoms with Crippen LogP contribution in [0.3, 0.4) is 0 Å². The lowest BCUT2D eigenvalue weighted by Crippen LogP contribution is -2.28. The van der Waals surface area contributed by atoms with E-state index in [4.69, 9.17) is 0 Å². The average Bonchev–Trinajstić information content (AvgIpc) is 3.21. The fourth-order valence-electron chi connectivity index (χ4n) is 7.97. The average molecular weight is 603 g/mol. The first-order chi connectivity index (χ1) is 21.7. The van der Waals surface area contributed by atoms with E-state index in [2.05, 4.69) is 160 Å². The molecule has 0 unspecified atom stereocenters. The molecule has 0 spiro atoms. The van der Waals surface area contributed by atoms with Crippen molar-refractivity contribution in [3.63, 3.8) is 0 Å². The zero-order valence-corrected chi connectivity index (χ0v) is 29.1. The van der Waals surface area contributed by atoms with Gasteiger partial charge < -0.3 is 5.11 Å². The van der Waals surface area contributed by atoms with Gasteiger partial charge in [0, 0.05) is 11.1 Å². The minimum atomic E-state index is -1.43. The van der Waals surface area contributed by atoms with Crippen LogP contribution in [0.1, 0.15) is 83.5 Å². The van der Waals surface area contributed by atoms with E-state index in [-0.39, 0.29) is 0 Å². The predicted molar refractivity (Wildman–Crippen MR) is 197 cm³/mol. The summed E-state index contributed by atoms with van der Waals surface area (Å²) in [7, 11) is 0. The summed E-state index contributed by atoms with van der Waals surface area (Å²) in [5.41, 5.74) is 19.7. The molecule has 46 heavy (non-hydrogen) atoms. The highest BCUT2D eigenvalue weighted by atomic mass is 16.3. The Morgan fingerprint density at radius 2 is 0.522 bits per heavy atom. The summed E-state index contributed by atoms with van der Waals surface area (Å²) < 4.78 is 0. The second-order valence-electron chi connectivity index (χ2n) is 14.1. The molecule has 6 rings (SSSR count). The molecule has 1 N–H and O–H groups in total. The maximum atomic E-state index is 14.0. The van der Waals surface area contributed by atoms with E-state index < -0.39 is 5.60 Å². The maximum Gasteiger partial charge on any atom is 0.142 e. The minimum absolute atomic E-state index is 0.898. The molecule has 0 bridgehead atoms. The number of aryl methyl sites for hydroxylation is 10. The van der Waals surface area contributed by atoms with E-state index in [1.54, 1.807) is 0 Å². The fraction of sp³-hybridized carbons (Fsp3) is 0.244. The van der Waals surface area contributed by atoms with Crippen LogP contribution in [-0.2, 0) is 5.60 Å². The Balaban J connectivity index is 1.93. The molecule has 0 saturated heterocycles. The third-order valence-corrected chi connectivity index (χ3v) is 9.15. The van der Waals surface area contributed by atoms with Crippen molar-refractivity contribution in [3.8, 4) is 0 Å². The molecule has 5 aromatic carbocycles. The van der Waals surface area contributed by atoms with Crippen molar-refractivity contribution in [1.82, 2.24) is 0 Å². The Labute approximate surface area is 276 Å². The number of hydrogen-bond donors (Lipinski definition) is 1. The summed E-state index contributed by atoms with van der Waals surface area (Å²) in [5.74, 6) is 0. The highest BCUT2D eigenvalue weighted by molar-refractivity contribution is 6.31. The first-order valence-electron chi connectivity index (χ1n) is 16.4. The van der Waals surface area contributed by atoms with Crippen LogP contribution < -0.4 is 0 Å². The Hall–Kier alpha value is -4.46. The standard InChI is InChI=1S/C45H46O/c1-26-11-27(2)17-36(16-26)41-42(37-18-28(3)12-29(4)19-37)44(39-22-32(7)14-33(8)23-39)45(46,40-24-34(9)15-35(10)25-40)43(41)38-20-30(5)13-31(6)21-38/h11-25,46H,1-10H3. The van der Waals surface area contributed by atoms with Crippen LogP contribution in [-0.4, -0.2) is 5.11 Å². The van der Waals surface area contributed by atoms with Gasteiger partial charge in [0.1, 0.15) is 5.60 Å². The lowest BCUT2D eigenvalue weighted by molar-refractivity contribution is 0.167. The van der Waals surface area contributed by atoms with Gasteiger partial charge in [0.15, 0.2) is 0 Å². The lowest BCUT2D eigenvalue weighted by atomic mass is 9.75. The van der Waals surface area contributed by atoms with Crippen LogP contribution in [0, 0.1) is 69.2 Å². The fourth-order valence-corrected chi connectivity index (χ4v) is 7.97. The summed E-state index contributed by atoms with van der Waals surface area (Å²) in [6.45, 7) is 21.6. The van der Waals surface area contributed by atoms with Crippen LogP contribution in [0.15, 0.2) is 91.0 Å². The van der Waals surface area contributed by atoms with E-state index in [1.165, 1.54) is 44.5 Å². The molecule has 232 valence electrons. The number of aliphatic hydroxyl groups is 1. The normalized spacial score (nSPS) is 14.4. The van der Waals surface area contributed by atoms with Gasteiger partial charge in [-0.3, -0.25) is 0 Å². The molecule has 0 radical (unpaired) electrons. The third-order valence-electron chi connectivity index (χ3n) is 9.15. The summed E-state index contributed by atoms with van der Waals surface area (Å²) in [5, 5.41) is 14.0. The molecule has 0 aromatic heterocycles. The highest BCUT2D eigenvalue weighted by Gasteiger charge is 2.49. The predicted octanol–water partition coefficient (Wildman–Crippen LogP) is 11.2. The monoisotopic (exact) mass is 602 g/mol. The molecule has 0 amide bonds. The summed E-state index contributed by atoms with van der Waals surface area (Å²) in [6, 6.07) is 33.6. The second-order valence-corrected chi connectivity index (χ2v) is 14.1. The van der Waals surface area contributed by atoms with E-state index in [1.807, 2.05) is 0 Å². The van der Waals surface area contributed by atoms with Gasteiger partial charge in [-0.05, 0) is 108 Å². The number of rotatable bonds is 5. The molecule has 1 aliphatic carbocycles. The summed E-state index contributed by atoms with van der Waals surface area (Å²) in [6.07, 6.45) is 0. The molecule has 1 aliphatic rings. The van der Waals surface area contributed by atoms with Crippen molar-refractivity contribution in [2.24, 2.45) is 0 Å². The molecule has 0 atom stereocenters. The molecule has 0 saturated carbocycles. The Morgan fingerprint density at radius 1 is 0.304 bits per heavy atom. The number of allylic oxidation sites excluding steroid dienone is 2. The number of benzene rings is 5. The topological polar surface area (TPSA) is 20.2 Å². The first kappa shape index (κ1) is 31.5. The maximum absolute atomic E-state index is 14.0. The third kappa shape index (κ3) is 5.70. The SMILES string of the molecule is Cc1cc(C)cc(C2=C(c3cc(C)cc(C)c3)C(O)(c3cc(C)cc(C)c3)C(c3cc(C)cc(C)c3)=C2c2cc(C)cc(C)c2)c1. The van der Waals surface area contributed by atoms with Crippen LogP contribution in [0.2, 0.25) is 0 Å². The van der Waals surface area contributed by atoms with Crippen molar-refractivity contribution in [1.29, 1.82) is 0 Å². The van der Waals surface area contributed by atoms with Gasteiger partial charge in [0.2, 0.25) is 0 Å². The molecule has 5 aromatic rings. The quantitative estimate of drug-likeness (QED) is 0.212. The molecular weight excluding hydrogens is 556 g/mol. The van der Waals surface area contributed by atoms with Gasteiger partial charge in [0.25, 0.3) is 0 Å². The van der Waals surface area contributed by atoms with E-state index >= 15 is 0 Å². The van der Waals surface area contributed by atoms with Gasteiger partial charge in [-0.1, -0.05) is 147 Å². The van der Waals surface area contributed by atoms with Gasteiger partial charge in [0.05, 0.1) is 0 Å². The molecule has 1 nitrogen and oxygen atoms in total. The van der Waals surface area contributed by atoms with Crippen molar-refractivity contribution in [3.05, 3.63) is 174 Å². The van der Waals surface area contributed by atoms with Gasteiger partial charge in [-0.25, -0.2) is 0 Å². The van der Waals surface area contributed by atoms with Crippen molar-refractivity contribution in [2.45, 2.75) is 74.8 Å². The van der Waals surface area contributed by atoms with Crippen LogP contribution in [0.25, 0.3) is 22.3 Å². The zero-order chi connectivity index (χ0) is 33.1. The molecule has 0 fully saturated rings. The molecular formula is C45H46O. The number of hydrogen-bond acceptors (Lipinski definition) is 1. The van der Waals surface area contributed by atoms with Crippen molar-refractivity contribution < 1.29 is 5.11 Å². The largest absolute Gasteiger partial charge is 0.376 e. The summed E-state index contributed by atoms with van der Waals surface area (Å²) >= 11 is 0. The molecule has 1 heteroatoms.